The van der Waals surface area contributed by atoms with Gasteiger partial charge < -0.3 is 4.90 Å². The van der Waals surface area contributed by atoms with E-state index >= 15 is 0 Å². The highest BCUT2D eigenvalue weighted by atomic mass is 15.2. The van der Waals surface area contributed by atoms with Crippen LogP contribution in [0, 0.1) is 17.3 Å². The normalized spacial score (nSPS) is 44.0. The van der Waals surface area contributed by atoms with Gasteiger partial charge in [0.2, 0.25) is 0 Å². The number of fused-ring (bicyclic) bond motifs is 1. The molecule has 6 atom stereocenters. The van der Waals surface area contributed by atoms with Gasteiger partial charge in [-0.05, 0) is 102 Å². The summed E-state index contributed by atoms with van der Waals surface area (Å²) in [6, 6.07) is 0.728. The van der Waals surface area contributed by atoms with Crippen LogP contribution in [-0.4, -0.2) is 48.6 Å². The number of rotatable bonds is 0. The van der Waals surface area contributed by atoms with Crippen LogP contribution in [0.4, 0.5) is 0 Å². The highest BCUT2D eigenvalue weighted by Crippen LogP contribution is 2.57. The average Bonchev–Trinajstić information content (AvgIpc) is 2.73. The maximum atomic E-state index is 2.97. The van der Waals surface area contributed by atoms with Crippen molar-refractivity contribution >= 4 is 0 Å². The van der Waals surface area contributed by atoms with Gasteiger partial charge in [0.25, 0.3) is 0 Å². The van der Waals surface area contributed by atoms with Gasteiger partial charge in [0, 0.05) is 24.5 Å². The Morgan fingerprint density at radius 1 is 0.821 bits per heavy atom. The monoisotopic (exact) mass is 380 g/mol. The van der Waals surface area contributed by atoms with E-state index in [-0.39, 0.29) is 0 Å². The van der Waals surface area contributed by atoms with Crippen molar-refractivity contribution in [2.24, 2.45) is 17.3 Å². The fraction of sp³-hybridized carbons (Fsp3) is 0.769. The summed E-state index contributed by atoms with van der Waals surface area (Å²) in [4.78, 5) is 5.84. The van der Waals surface area contributed by atoms with Gasteiger partial charge in [0.1, 0.15) is 0 Å². The summed E-state index contributed by atoms with van der Waals surface area (Å²) in [7, 11) is 0. The number of nitrogens with zero attached hydrogens (tertiary/aromatic N) is 2. The van der Waals surface area contributed by atoms with Crippen molar-refractivity contribution in [3.63, 3.8) is 0 Å². The third-order valence-corrected chi connectivity index (χ3v) is 8.53. The van der Waals surface area contributed by atoms with Crippen LogP contribution in [0.15, 0.2) is 36.0 Å². The summed E-state index contributed by atoms with van der Waals surface area (Å²) >= 11 is 0. The van der Waals surface area contributed by atoms with Crippen LogP contribution in [0.5, 0.6) is 0 Å². The molecule has 0 aromatic heterocycles. The summed E-state index contributed by atoms with van der Waals surface area (Å²) < 4.78 is 0. The number of piperidine rings is 2. The molecule has 6 rings (SSSR count). The van der Waals surface area contributed by atoms with E-state index in [1.54, 1.807) is 0 Å². The van der Waals surface area contributed by atoms with E-state index in [0.29, 0.717) is 5.41 Å². The van der Waals surface area contributed by atoms with Crippen molar-refractivity contribution in [3.05, 3.63) is 36.0 Å². The predicted molar refractivity (Wildman–Crippen MR) is 118 cm³/mol. The molecule has 1 spiro atoms. The minimum atomic E-state index is 0.512. The molecule has 154 valence electrons. The molecule has 6 bridgehead atoms. The summed E-state index contributed by atoms with van der Waals surface area (Å²) in [6.07, 6.45) is 27.5. The van der Waals surface area contributed by atoms with E-state index in [4.69, 9.17) is 0 Å². The Labute approximate surface area is 172 Å². The minimum Gasteiger partial charge on any atom is -0.303 e. The molecular weight excluding hydrogens is 340 g/mol. The first-order chi connectivity index (χ1) is 13.9. The zero-order chi connectivity index (χ0) is 18.8. The van der Waals surface area contributed by atoms with Gasteiger partial charge in [0.15, 0.2) is 0 Å². The highest BCUT2D eigenvalue weighted by Gasteiger charge is 2.58. The van der Waals surface area contributed by atoms with E-state index in [9.17, 15) is 0 Å². The molecule has 5 aliphatic heterocycles. The second-order valence-corrected chi connectivity index (χ2v) is 10.2. The third kappa shape index (κ3) is 3.56. The Balaban J connectivity index is 1.53. The molecule has 6 aliphatic rings. The molecule has 0 N–H and O–H groups in total. The average molecular weight is 381 g/mol. The van der Waals surface area contributed by atoms with Gasteiger partial charge in [0.05, 0.1) is 0 Å². The van der Waals surface area contributed by atoms with Gasteiger partial charge >= 0.3 is 0 Å². The fourth-order valence-electron chi connectivity index (χ4n) is 7.44. The molecule has 2 saturated heterocycles. The quantitative estimate of drug-likeness (QED) is 0.507. The third-order valence-electron chi connectivity index (χ3n) is 8.53. The molecule has 2 fully saturated rings. The summed E-state index contributed by atoms with van der Waals surface area (Å²) in [5.41, 5.74) is 2.33. The maximum absolute atomic E-state index is 2.97. The SMILES string of the molecule is C1=CCCC2=C[C@@H]3CN4CCCCC=CCC[C@@]5(CN(CCCC1)CC[C@@H]35)[C@@H]24. The smallest absolute Gasteiger partial charge is 0.0379 e. The first-order valence-electron chi connectivity index (χ1n) is 12.3. The maximum Gasteiger partial charge on any atom is 0.0379 e. The van der Waals surface area contributed by atoms with E-state index in [0.717, 1.165) is 17.9 Å². The van der Waals surface area contributed by atoms with Crippen LogP contribution in [-0.2, 0) is 0 Å². The molecule has 0 aromatic carbocycles. The Kier molecular flexibility index (Phi) is 5.79. The van der Waals surface area contributed by atoms with Crippen molar-refractivity contribution < 1.29 is 0 Å². The van der Waals surface area contributed by atoms with Gasteiger partial charge in [-0.3, -0.25) is 4.90 Å². The van der Waals surface area contributed by atoms with E-state index in [2.05, 4.69) is 40.2 Å². The van der Waals surface area contributed by atoms with E-state index in [1.807, 2.05) is 5.57 Å². The topological polar surface area (TPSA) is 6.48 Å². The lowest BCUT2D eigenvalue weighted by atomic mass is 9.52. The lowest BCUT2D eigenvalue weighted by molar-refractivity contribution is -0.109. The highest BCUT2D eigenvalue weighted by molar-refractivity contribution is 5.30. The summed E-state index contributed by atoms with van der Waals surface area (Å²) in [6.45, 7) is 6.73. The predicted octanol–water partition coefficient (Wildman–Crippen LogP) is 5.58. The first kappa shape index (κ1) is 19.1. The first-order valence-corrected chi connectivity index (χ1v) is 12.3. The van der Waals surface area contributed by atoms with E-state index in [1.165, 1.54) is 103 Å². The van der Waals surface area contributed by atoms with Crippen LogP contribution in [0.2, 0.25) is 0 Å². The largest absolute Gasteiger partial charge is 0.303 e. The van der Waals surface area contributed by atoms with Crippen LogP contribution in [0.1, 0.15) is 70.6 Å². The molecule has 1 aliphatic carbocycles. The van der Waals surface area contributed by atoms with Gasteiger partial charge in [-0.1, -0.05) is 36.0 Å². The van der Waals surface area contributed by atoms with Crippen LogP contribution in [0.25, 0.3) is 0 Å². The lowest BCUT2D eigenvalue weighted by Gasteiger charge is -2.64. The van der Waals surface area contributed by atoms with Crippen molar-refractivity contribution in [3.8, 4) is 0 Å². The Hall–Kier alpha value is -0.860. The zero-order valence-electron chi connectivity index (χ0n) is 17.8. The number of allylic oxidation sites excluding steroid dienone is 4. The Bertz CT molecular complexity index is 632. The van der Waals surface area contributed by atoms with Crippen molar-refractivity contribution in [1.82, 2.24) is 9.80 Å². The molecule has 28 heavy (non-hydrogen) atoms. The molecule has 0 amide bonds. The number of hydrogen-bond acceptors (Lipinski definition) is 2. The van der Waals surface area contributed by atoms with Gasteiger partial charge in [-0.2, -0.15) is 0 Å². The van der Waals surface area contributed by atoms with Crippen molar-refractivity contribution in [1.29, 1.82) is 0 Å². The van der Waals surface area contributed by atoms with Crippen molar-refractivity contribution in [2.75, 3.05) is 32.7 Å². The molecule has 2 heteroatoms. The molecule has 5 heterocycles. The second-order valence-electron chi connectivity index (χ2n) is 10.2. The van der Waals surface area contributed by atoms with Crippen LogP contribution >= 0.6 is 0 Å². The van der Waals surface area contributed by atoms with Gasteiger partial charge in [-0.25, -0.2) is 0 Å². The fourth-order valence-corrected chi connectivity index (χ4v) is 7.44. The standard InChI is InChI=1S/C26H40N2/c1-3-7-11-16-27-18-14-24-23-19-22(13-9-5-1)25-26(24,21-27)15-10-6-2-4-8-12-17-28(25)20-23/h1-2,5-6,19,23-25H,3-4,7-18,20-21H2/t23-,24+,25-,26+/m1/s1. The molecule has 0 saturated carbocycles. The summed E-state index contributed by atoms with van der Waals surface area (Å²) in [5, 5.41) is 0. The molecule has 0 aromatic rings. The summed E-state index contributed by atoms with van der Waals surface area (Å²) in [5.74, 6) is 1.75. The van der Waals surface area contributed by atoms with Crippen molar-refractivity contribution in [2.45, 2.75) is 76.7 Å². The molecule has 2 unspecified atom stereocenters. The molecule has 0 radical (unpaired) electrons. The minimum absolute atomic E-state index is 0.512. The molecule has 2 nitrogen and oxygen atoms in total. The second kappa shape index (κ2) is 8.48. The van der Waals surface area contributed by atoms with Gasteiger partial charge in [-0.15, -0.1) is 0 Å². The number of hydrogen-bond donors (Lipinski definition) is 0. The van der Waals surface area contributed by atoms with Crippen LogP contribution < -0.4 is 0 Å². The van der Waals surface area contributed by atoms with Crippen LogP contribution in [0.3, 0.4) is 0 Å². The Morgan fingerprint density at radius 2 is 1.61 bits per heavy atom. The zero-order valence-corrected chi connectivity index (χ0v) is 17.8. The van der Waals surface area contributed by atoms with E-state index < -0.39 is 0 Å². The Morgan fingerprint density at radius 3 is 2.50 bits per heavy atom. The lowest BCUT2D eigenvalue weighted by Crippen LogP contribution is -2.68. The molecular formula is C26H40N2.